The Bertz CT molecular complexity index is 424. The molecule has 0 fully saturated rings. The number of aryl methyl sites for hydroxylation is 1. The van der Waals surface area contributed by atoms with Crippen LogP contribution in [0.4, 0.5) is 11.4 Å². The highest BCUT2D eigenvalue weighted by atomic mass is 16.6. The lowest BCUT2D eigenvalue weighted by atomic mass is 10.1. The molecule has 0 aliphatic rings. The van der Waals surface area contributed by atoms with Gasteiger partial charge in [-0.05, 0) is 37.9 Å². The van der Waals surface area contributed by atoms with Crippen molar-refractivity contribution in [2.75, 3.05) is 25.6 Å². The van der Waals surface area contributed by atoms with Gasteiger partial charge in [0, 0.05) is 31.0 Å². The fraction of sp³-hybridized carbons (Fsp3) is 0.538. The molecule has 0 aromatic heterocycles. The second-order valence-electron chi connectivity index (χ2n) is 4.48. The van der Waals surface area contributed by atoms with E-state index in [-0.39, 0.29) is 11.7 Å². The maximum absolute atomic E-state index is 10.7. The number of methoxy groups -OCH3 is 1. The van der Waals surface area contributed by atoms with E-state index in [0.29, 0.717) is 13.2 Å². The Morgan fingerprint density at radius 3 is 2.79 bits per heavy atom. The van der Waals surface area contributed by atoms with Gasteiger partial charge < -0.3 is 15.8 Å². The van der Waals surface area contributed by atoms with Crippen molar-refractivity contribution in [1.29, 1.82) is 0 Å². The normalized spacial score (nSPS) is 12.2. The van der Waals surface area contributed by atoms with E-state index in [0.717, 1.165) is 24.1 Å². The number of ether oxygens (including phenoxy) is 1. The average molecular weight is 267 g/mol. The molecule has 1 aromatic carbocycles. The largest absolute Gasteiger partial charge is 0.383 e. The van der Waals surface area contributed by atoms with E-state index in [1.165, 1.54) is 6.07 Å². The lowest BCUT2D eigenvalue weighted by Crippen LogP contribution is -2.26. The van der Waals surface area contributed by atoms with Gasteiger partial charge in [-0.2, -0.15) is 0 Å². The van der Waals surface area contributed by atoms with Crippen LogP contribution in [0.1, 0.15) is 18.4 Å². The monoisotopic (exact) mass is 267 g/mol. The summed E-state index contributed by atoms with van der Waals surface area (Å²) < 4.78 is 5.16. The molecule has 0 aliphatic heterocycles. The van der Waals surface area contributed by atoms with Crippen LogP contribution in [-0.2, 0) is 4.74 Å². The van der Waals surface area contributed by atoms with Crippen molar-refractivity contribution in [2.24, 2.45) is 5.73 Å². The number of hydrogen-bond acceptors (Lipinski definition) is 5. The molecule has 1 aromatic rings. The molecule has 0 radical (unpaired) electrons. The minimum Gasteiger partial charge on any atom is -0.383 e. The molecule has 0 aliphatic carbocycles. The van der Waals surface area contributed by atoms with Gasteiger partial charge in [-0.15, -0.1) is 0 Å². The van der Waals surface area contributed by atoms with Gasteiger partial charge in [0.2, 0.25) is 0 Å². The number of non-ortho nitro benzene ring substituents is 1. The Balaban J connectivity index is 2.75. The number of nitro groups is 1. The van der Waals surface area contributed by atoms with Crippen LogP contribution in [0.25, 0.3) is 0 Å². The highest BCUT2D eigenvalue weighted by Crippen LogP contribution is 2.22. The molecule has 0 saturated heterocycles. The zero-order valence-electron chi connectivity index (χ0n) is 11.4. The Kier molecular flexibility index (Phi) is 6.24. The van der Waals surface area contributed by atoms with Gasteiger partial charge in [-0.3, -0.25) is 10.1 Å². The molecule has 0 heterocycles. The average Bonchev–Trinajstić information content (AvgIpc) is 2.38. The smallest absolute Gasteiger partial charge is 0.269 e. The van der Waals surface area contributed by atoms with E-state index < -0.39 is 4.92 Å². The van der Waals surface area contributed by atoms with Gasteiger partial charge in [0.05, 0.1) is 11.5 Å². The third-order valence-corrected chi connectivity index (χ3v) is 2.90. The Morgan fingerprint density at radius 1 is 1.53 bits per heavy atom. The Labute approximate surface area is 113 Å². The predicted molar refractivity (Wildman–Crippen MR) is 75.4 cm³/mol. The standard InChI is InChI=1S/C13H21N3O3/c1-10-8-12(16(17)18)5-6-13(10)15-11(9-19-2)4-3-7-14/h5-6,8,11,15H,3-4,7,9,14H2,1-2H3. The summed E-state index contributed by atoms with van der Waals surface area (Å²) in [5, 5.41) is 14.0. The van der Waals surface area contributed by atoms with Crippen LogP contribution >= 0.6 is 0 Å². The van der Waals surface area contributed by atoms with Crippen LogP contribution in [0, 0.1) is 17.0 Å². The first kappa shape index (κ1) is 15.4. The molecule has 0 spiro atoms. The second-order valence-corrected chi connectivity index (χ2v) is 4.48. The predicted octanol–water partition coefficient (Wildman–Crippen LogP) is 2.07. The number of nitrogens with one attached hydrogen (secondary N) is 1. The first-order chi connectivity index (χ1) is 9.08. The van der Waals surface area contributed by atoms with Gasteiger partial charge in [0.1, 0.15) is 0 Å². The summed E-state index contributed by atoms with van der Waals surface area (Å²) >= 11 is 0. The SMILES string of the molecule is COCC(CCCN)Nc1ccc([N+](=O)[O-])cc1C. The van der Waals surface area contributed by atoms with Crippen LogP contribution in [0.3, 0.4) is 0 Å². The number of rotatable bonds is 8. The lowest BCUT2D eigenvalue weighted by Gasteiger charge is -2.20. The first-order valence-corrected chi connectivity index (χ1v) is 6.29. The molecule has 0 saturated carbocycles. The first-order valence-electron chi connectivity index (χ1n) is 6.29. The summed E-state index contributed by atoms with van der Waals surface area (Å²) in [6.07, 6.45) is 1.81. The second kappa shape index (κ2) is 7.70. The van der Waals surface area contributed by atoms with Crippen molar-refractivity contribution in [2.45, 2.75) is 25.8 Å². The summed E-state index contributed by atoms with van der Waals surface area (Å²) in [7, 11) is 1.65. The van der Waals surface area contributed by atoms with Crippen molar-refractivity contribution >= 4 is 11.4 Å². The molecule has 1 atom stereocenters. The fourth-order valence-corrected chi connectivity index (χ4v) is 1.91. The zero-order valence-corrected chi connectivity index (χ0v) is 11.4. The van der Waals surface area contributed by atoms with Crippen LogP contribution in [-0.4, -0.2) is 31.2 Å². The summed E-state index contributed by atoms with van der Waals surface area (Å²) in [4.78, 5) is 10.3. The number of nitrogens with zero attached hydrogens (tertiary/aromatic N) is 1. The van der Waals surface area contributed by atoms with E-state index in [1.54, 1.807) is 19.2 Å². The van der Waals surface area contributed by atoms with Crippen molar-refractivity contribution in [3.05, 3.63) is 33.9 Å². The zero-order chi connectivity index (χ0) is 14.3. The topological polar surface area (TPSA) is 90.4 Å². The summed E-state index contributed by atoms with van der Waals surface area (Å²) in [6, 6.07) is 4.96. The maximum atomic E-state index is 10.7. The minimum absolute atomic E-state index is 0.105. The molecule has 0 amide bonds. The van der Waals surface area contributed by atoms with Crippen molar-refractivity contribution in [1.82, 2.24) is 0 Å². The van der Waals surface area contributed by atoms with E-state index in [9.17, 15) is 10.1 Å². The number of nitro benzene ring substituents is 1. The maximum Gasteiger partial charge on any atom is 0.269 e. The molecule has 1 rings (SSSR count). The van der Waals surface area contributed by atoms with Crippen molar-refractivity contribution < 1.29 is 9.66 Å². The van der Waals surface area contributed by atoms with Crippen LogP contribution in [0.2, 0.25) is 0 Å². The van der Waals surface area contributed by atoms with Crippen LogP contribution in [0.15, 0.2) is 18.2 Å². The molecule has 6 nitrogen and oxygen atoms in total. The molecular weight excluding hydrogens is 246 g/mol. The summed E-state index contributed by atoms with van der Waals surface area (Å²) in [6.45, 7) is 3.07. The van der Waals surface area contributed by atoms with Crippen molar-refractivity contribution in [3.8, 4) is 0 Å². The number of anilines is 1. The van der Waals surface area contributed by atoms with Gasteiger partial charge in [-0.1, -0.05) is 0 Å². The fourth-order valence-electron chi connectivity index (χ4n) is 1.91. The van der Waals surface area contributed by atoms with Crippen molar-refractivity contribution in [3.63, 3.8) is 0 Å². The lowest BCUT2D eigenvalue weighted by molar-refractivity contribution is -0.384. The number of hydrogen-bond donors (Lipinski definition) is 2. The summed E-state index contributed by atoms with van der Waals surface area (Å²) in [5.41, 5.74) is 7.35. The van der Waals surface area contributed by atoms with Crippen LogP contribution < -0.4 is 11.1 Å². The molecule has 0 bridgehead atoms. The van der Waals surface area contributed by atoms with Gasteiger partial charge >= 0.3 is 0 Å². The highest BCUT2D eigenvalue weighted by molar-refractivity contribution is 5.55. The highest BCUT2D eigenvalue weighted by Gasteiger charge is 2.12. The molecular formula is C13H21N3O3. The molecule has 6 heteroatoms. The van der Waals surface area contributed by atoms with E-state index >= 15 is 0 Å². The summed E-state index contributed by atoms with van der Waals surface area (Å²) in [5.74, 6) is 0. The molecule has 3 N–H and O–H groups in total. The Morgan fingerprint density at radius 2 is 2.26 bits per heavy atom. The van der Waals surface area contributed by atoms with E-state index in [4.69, 9.17) is 10.5 Å². The number of benzene rings is 1. The van der Waals surface area contributed by atoms with E-state index in [2.05, 4.69) is 5.32 Å². The molecule has 106 valence electrons. The van der Waals surface area contributed by atoms with E-state index in [1.807, 2.05) is 6.92 Å². The van der Waals surface area contributed by atoms with Gasteiger partial charge in [0.15, 0.2) is 0 Å². The minimum atomic E-state index is -0.391. The third-order valence-electron chi connectivity index (χ3n) is 2.90. The molecule has 19 heavy (non-hydrogen) atoms. The van der Waals surface area contributed by atoms with Crippen LogP contribution in [0.5, 0.6) is 0 Å². The quantitative estimate of drug-likeness (QED) is 0.556. The molecule has 1 unspecified atom stereocenters. The van der Waals surface area contributed by atoms with Gasteiger partial charge in [0.25, 0.3) is 5.69 Å². The van der Waals surface area contributed by atoms with Gasteiger partial charge in [-0.25, -0.2) is 0 Å². The number of nitrogens with two attached hydrogens (primary N) is 1. The Hall–Kier alpha value is -1.66. The third kappa shape index (κ3) is 4.84.